The molecule has 1 atom stereocenters. The van der Waals surface area contributed by atoms with Crippen molar-refractivity contribution in [1.82, 2.24) is 4.90 Å². The molecule has 0 aromatic rings. The Morgan fingerprint density at radius 1 is 1.57 bits per heavy atom. The van der Waals surface area contributed by atoms with Crippen LogP contribution in [-0.2, 0) is 0 Å². The lowest BCUT2D eigenvalue weighted by molar-refractivity contribution is 0.276. The molecule has 0 radical (unpaired) electrons. The predicted octanol–water partition coefficient (Wildman–Crippen LogP) is 1.39. The lowest BCUT2D eigenvalue weighted by Crippen LogP contribution is -2.40. The van der Waals surface area contributed by atoms with Crippen molar-refractivity contribution in [3.05, 3.63) is 0 Å². The van der Waals surface area contributed by atoms with Crippen LogP contribution < -0.4 is 5.73 Å². The third kappa shape index (κ3) is 2.87. The number of rotatable bonds is 5. The Bertz CT molecular complexity index is 194. The Hall–Kier alpha value is -0.770. The van der Waals surface area contributed by atoms with Gasteiger partial charge in [0.15, 0.2) is 5.84 Å². The number of amidine groups is 1. The van der Waals surface area contributed by atoms with E-state index in [1.165, 1.54) is 19.3 Å². The molecule has 0 bridgehead atoms. The van der Waals surface area contributed by atoms with Gasteiger partial charge in [0, 0.05) is 0 Å². The maximum atomic E-state index is 8.62. The van der Waals surface area contributed by atoms with Gasteiger partial charge < -0.3 is 10.9 Å². The van der Waals surface area contributed by atoms with Gasteiger partial charge in [-0.25, -0.2) is 0 Å². The minimum absolute atomic E-state index is 0.178. The van der Waals surface area contributed by atoms with E-state index >= 15 is 0 Å². The van der Waals surface area contributed by atoms with Crippen molar-refractivity contribution in [1.29, 1.82) is 0 Å². The van der Waals surface area contributed by atoms with Crippen LogP contribution in [0.4, 0.5) is 0 Å². The van der Waals surface area contributed by atoms with Crippen LogP contribution in [-0.4, -0.2) is 35.1 Å². The van der Waals surface area contributed by atoms with Gasteiger partial charge in [-0.3, -0.25) is 4.90 Å². The lowest BCUT2D eigenvalue weighted by Gasteiger charge is -2.22. The molecular weight excluding hydrogens is 178 g/mol. The number of hydrogen-bond acceptors (Lipinski definition) is 3. The molecule has 1 aliphatic heterocycles. The van der Waals surface area contributed by atoms with E-state index in [1.807, 2.05) is 0 Å². The number of unbranched alkanes of at least 4 members (excludes halogenated alkanes) is 2. The molecule has 0 aliphatic carbocycles. The summed E-state index contributed by atoms with van der Waals surface area (Å²) in [5, 5.41) is 11.7. The topological polar surface area (TPSA) is 61.8 Å². The lowest BCUT2D eigenvalue weighted by atomic mass is 10.2. The second kappa shape index (κ2) is 5.86. The molecule has 0 spiro atoms. The summed E-state index contributed by atoms with van der Waals surface area (Å²) >= 11 is 0. The first-order valence-electron chi connectivity index (χ1n) is 5.51. The highest BCUT2D eigenvalue weighted by molar-refractivity contribution is 5.85. The first-order chi connectivity index (χ1) is 6.79. The van der Waals surface area contributed by atoms with E-state index < -0.39 is 0 Å². The molecule has 82 valence electrons. The summed E-state index contributed by atoms with van der Waals surface area (Å²) in [4.78, 5) is 2.32. The summed E-state index contributed by atoms with van der Waals surface area (Å²) in [5.41, 5.74) is 5.63. The van der Waals surface area contributed by atoms with E-state index in [-0.39, 0.29) is 6.04 Å². The SMILES string of the molecule is CCCCCN1CCCC1C(N)=NO. The van der Waals surface area contributed by atoms with Crippen molar-refractivity contribution >= 4 is 5.84 Å². The molecule has 1 heterocycles. The van der Waals surface area contributed by atoms with Gasteiger partial charge in [-0.1, -0.05) is 24.9 Å². The van der Waals surface area contributed by atoms with E-state index in [1.54, 1.807) is 0 Å². The molecular formula is C10H21N3O. The van der Waals surface area contributed by atoms with Gasteiger partial charge in [0.25, 0.3) is 0 Å². The zero-order chi connectivity index (χ0) is 10.4. The van der Waals surface area contributed by atoms with Crippen LogP contribution in [0.15, 0.2) is 5.16 Å². The van der Waals surface area contributed by atoms with Crippen molar-refractivity contribution in [2.45, 2.75) is 45.1 Å². The largest absolute Gasteiger partial charge is 0.409 e. The summed E-state index contributed by atoms with van der Waals surface area (Å²) in [5.74, 6) is 0.374. The molecule has 0 amide bonds. The van der Waals surface area contributed by atoms with E-state index in [2.05, 4.69) is 17.0 Å². The molecule has 0 aromatic heterocycles. The van der Waals surface area contributed by atoms with Crippen molar-refractivity contribution in [3.63, 3.8) is 0 Å². The highest BCUT2D eigenvalue weighted by atomic mass is 16.4. The summed E-state index contributed by atoms with van der Waals surface area (Å²) < 4.78 is 0. The van der Waals surface area contributed by atoms with Gasteiger partial charge in [0.05, 0.1) is 6.04 Å². The minimum atomic E-state index is 0.178. The normalized spacial score (nSPS) is 24.4. The average molecular weight is 199 g/mol. The maximum absolute atomic E-state index is 8.62. The zero-order valence-electron chi connectivity index (χ0n) is 8.95. The summed E-state index contributed by atoms with van der Waals surface area (Å²) in [7, 11) is 0. The second-order valence-electron chi connectivity index (χ2n) is 3.93. The van der Waals surface area contributed by atoms with Gasteiger partial charge in [-0.05, 0) is 32.4 Å². The molecule has 14 heavy (non-hydrogen) atoms. The molecule has 1 fully saturated rings. The number of oxime groups is 1. The Morgan fingerprint density at radius 2 is 2.36 bits per heavy atom. The summed E-state index contributed by atoms with van der Waals surface area (Å²) in [6.45, 7) is 4.37. The highest BCUT2D eigenvalue weighted by Gasteiger charge is 2.27. The van der Waals surface area contributed by atoms with Crippen LogP contribution in [0.2, 0.25) is 0 Å². The van der Waals surface area contributed by atoms with Gasteiger partial charge >= 0.3 is 0 Å². The Kier molecular flexibility index (Phi) is 4.73. The molecule has 1 aliphatic rings. The third-order valence-electron chi connectivity index (χ3n) is 2.87. The molecule has 4 nitrogen and oxygen atoms in total. The van der Waals surface area contributed by atoms with Crippen LogP contribution in [0.25, 0.3) is 0 Å². The first-order valence-corrected chi connectivity index (χ1v) is 5.51. The third-order valence-corrected chi connectivity index (χ3v) is 2.87. The van der Waals surface area contributed by atoms with Gasteiger partial charge in [-0.2, -0.15) is 0 Å². The van der Waals surface area contributed by atoms with Gasteiger partial charge in [0.1, 0.15) is 0 Å². The molecule has 1 unspecified atom stereocenters. The molecule has 1 rings (SSSR count). The molecule has 1 saturated heterocycles. The number of nitrogens with zero attached hydrogens (tertiary/aromatic N) is 2. The molecule has 0 aromatic carbocycles. The van der Waals surface area contributed by atoms with Crippen molar-refractivity contribution in [2.24, 2.45) is 10.9 Å². The van der Waals surface area contributed by atoms with Crippen LogP contribution >= 0.6 is 0 Å². The smallest absolute Gasteiger partial charge is 0.156 e. The Balaban J connectivity index is 2.35. The van der Waals surface area contributed by atoms with Gasteiger partial charge in [0.2, 0.25) is 0 Å². The highest BCUT2D eigenvalue weighted by Crippen LogP contribution is 2.17. The monoisotopic (exact) mass is 199 g/mol. The average Bonchev–Trinajstić information content (AvgIpc) is 2.65. The number of hydrogen-bond donors (Lipinski definition) is 2. The van der Waals surface area contributed by atoms with E-state index in [9.17, 15) is 0 Å². The van der Waals surface area contributed by atoms with Crippen molar-refractivity contribution < 1.29 is 5.21 Å². The Labute approximate surface area is 85.8 Å². The van der Waals surface area contributed by atoms with E-state index in [4.69, 9.17) is 10.9 Å². The van der Waals surface area contributed by atoms with Crippen molar-refractivity contribution in [2.75, 3.05) is 13.1 Å². The molecule has 4 heteroatoms. The first kappa shape index (κ1) is 11.3. The van der Waals surface area contributed by atoms with Crippen molar-refractivity contribution in [3.8, 4) is 0 Å². The van der Waals surface area contributed by atoms with Crippen LogP contribution in [0.5, 0.6) is 0 Å². The second-order valence-corrected chi connectivity index (χ2v) is 3.93. The van der Waals surface area contributed by atoms with Crippen LogP contribution in [0.3, 0.4) is 0 Å². The fourth-order valence-electron chi connectivity index (χ4n) is 2.06. The fourth-order valence-corrected chi connectivity index (χ4v) is 2.06. The van der Waals surface area contributed by atoms with Gasteiger partial charge in [-0.15, -0.1) is 0 Å². The predicted molar refractivity (Wildman–Crippen MR) is 57.5 cm³/mol. The molecule has 0 saturated carbocycles. The molecule has 3 N–H and O–H groups in total. The van der Waals surface area contributed by atoms with Crippen LogP contribution in [0, 0.1) is 0 Å². The van der Waals surface area contributed by atoms with E-state index in [0.29, 0.717) is 5.84 Å². The van der Waals surface area contributed by atoms with Crippen LogP contribution in [0.1, 0.15) is 39.0 Å². The zero-order valence-corrected chi connectivity index (χ0v) is 8.95. The fraction of sp³-hybridized carbons (Fsp3) is 0.900. The maximum Gasteiger partial charge on any atom is 0.156 e. The Morgan fingerprint density at radius 3 is 3.00 bits per heavy atom. The quantitative estimate of drug-likeness (QED) is 0.231. The minimum Gasteiger partial charge on any atom is -0.409 e. The standard InChI is InChI=1S/C10H21N3O/c1-2-3-4-7-13-8-5-6-9(13)10(11)12-14/h9,14H,2-8H2,1H3,(H2,11,12). The summed E-state index contributed by atoms with van der Waals surface area (Å²) in [6.07, 6.45) is 5.90. The van der Waals surface area contributed by atoms with E-state index in [0.717, 1.165) is 25.9 Å². The number of nitrogens with two attached hydrogens (primary N) is 1. The number of likely N-dealkylation sites (tertiary alicyclic amines) is 1. The summed E-state index contributed by atoms with van der Waals surface area (Å²) in [6, 6.07) is 0.178.